The molecule has 0 spiro atoms. The molecule has 0 saturated carbocycles. The van der Waals surface area contributed by atoms with Crippen LogP contribution in [-0.2, 0) is 4.79 Å². The number of hydrogen-bond acceptors (Lipinski definition) is 8. The smallest absolute Gasteiger partial charge is 0.250 e. The summed E-state index contributed by atoms with van der Waals surface area (Å²) in [6.07, 6.45) is 0.954. The highest BCUT2D eigenvalue weighted by atomic mass is 19.1. The summed E-state index contributed by atoms with van der Waals surface area (Å²) in [5.74, 6) is -7.26. The molecule has 36 heavy (non-hydrogen) atoms. The number of phenolic OH excluding ortho intramolecular Hbond substituents is 1. The molecular formula is C26H29FN2O7. The third kappa shape index (κ3) is 3.05. The highest BCUT2D eigenvalue weighted by Gasteiger charge is 2.66. The second-order valence-corrected chi connectivity index (χ2v) is 10.1. The van der Waals surface area contributed by atoms with E-state index in [1.54, 1.807) is 25.1 Å². The van der Waals surface area contributed by atoms with Gasteiger partial charge in [0.1, 0.15) is 29.2 Å². The number of carbonyl (C=O) groups is 1. The molecule has 9 atom stereocenters. The van der Waals surface area contributed by atoms with Gasteiger partial charge >= 0.3 is 0 Å². The molecule has 192 valence electrons. The Hall–Kier alpha value is -3.18. The predicted octanol–water partition coefficient (Wildman–Crippen LogP) is 1.17. The monoisotopic (exact) mass is 500 g/mol. The molecule has 0 aromatic heterocycles. The van der Waals surface area contributed by atoms with Gasteiger partial charge in [-0.05, 0) is 41.7 Å². The molecule has 1 amide bonds. The standard InChI is InChI=1S/C26H29FN2O7/c1-9-14-12(3-2-4-13(14)30)16(10-5-7-11(27)8-6-10)17-15(9)23(33)26(36)19(21(17)31)20(28)22(32)18(24(26)34)25(29)35/h2-5,7-10,16-17,19-21,24,30-34,36H,6,28H2,1H3,(H2,29,35)/t9?,10?,16-,17+,19-,20+,21+,24?,26+/m1/s1. The Morgan fingerprint density at radius 3 is 2.47 bits per heavy atom. The van der Waals surface area contributed by atoms with E-state index in [2.05, 4.69) is 0 Å². The van der Waals surface area contributed by atoms with Crippen molar-refractivity contribution in [2.45, 2.75) is 49.0 Å². The Labute approximate surface area is 206 Å². The number of aliphatic hydroxyl groups is 5. The molecule has 5 rings (SSSR count). The summed E-state index contributed by atoms with van der Waals surface area (Å²) in [6, 6.07) is 3.38. The van der Waals surface area contributed by atoms with Crippen molar-refractivity contribution in [1.82, 2.24) is 0 Å². The highest BCUT2D eigenvalue weighted by Crippen LogP contribution is 2.61. The van der Waals surface area contributed by atoms with Gasteiger partial charge in [0, 0.05) is 29.2 Å². The van der Waals surface area contributed by atoms with E-state index in [1.165, 1.54) is 18.2 Å². The van der Waals surface area contributed by atoms with Gasteiger partial charge in [0.05, 0.1) is 17.7 Å². The maximum Gasteiger partial charge on any atom is 0.250 e. The summed E-state index contributed by atoms with van der Waals surface area (Å²) < 4.78 is 13.8. The van der Waals surface area contributed by atoms with Gasteiger partial charge in [-0.15, -0.1) is 0 Å². The van der Waals surface area contributed by atoms with E-state index in [0.29, 0.717) is 11.1 Å². The number of amides is 1. The van der Waals surface area contributed by atoms with Crippen molar-refractivity contribution in [3.63, 3.8) is 0 Å². The van der Waals surface area contributed by atoms with E-state index in [4.69, 9.17) is 11.5 Å². The van der Waals surface area contributed by atoms with E-state index >= 15 is 0 Å². The van der Waals surface area contributed by atoms with Gasteiger partial charge in [0.2, 0.25) is 0 Å². The fourth-order valence-corrected chi connectivity index (χ4v) is 6.94. The molecule has 0 saturated heterocycles. The summed E-state index contributed by atoms with van der Waals surface area (Å²) in [5, 5.41) is 67.4. The van der Waals surface area contributed by atoms with E-state index in [9.17, 15) is 39.8 Å². The first-order valence-corrected chi connectivity index (χ1v) is 11.8. The summed E-state index contributed by atoms with van der Waals surface area (Å²) in [4.78, 5) is 12.0. The van der Waals surface area contributed by atoms with Gasteiger partial charge in [-0.25, -0.2) is 4.39 Å². The lowest BCUT2D eigenvalue weighted by atomic mass is 9.51. The van der Waals surface area contributed by atoms with E-state index in [-0.39, 0.29) is 23.7 Å². The molecule has 4 aliphatic rings. The number of rotatable bonds is 2. The Bertz CT molecular complexity index is 1270. The molecule has 0 bridgehead atoms. The average Bonchev–Trinajstić information content (AvgIpc) is 2.82. The minimum Gasteiger partial charge on any atom is -0.510 e. The van der Waals surface area contributed by atoms with Crippen molar-refractivity contribution < 1.29 is 39.8 Å². The first-order chi connectivity index (χ1) is 16.9. The SMILES string of the molecule is CC1C2=C(O)[C@]3(O)C(O)C(C(N)=O)=C(O)[C@@H](N)[C@@H]3[C@@H](O)[C@@H]2[C@H](C2C=CC(F)=CC2)c2cccc(O)c21. The van der Waals surface area contributed by atoms with E-state index in [0.717, 1.165) is 0 Å². The zero-order valence-electron chi connectivity index (χ0n) is 19.4. The van der Waals surface area contributed by atoms with Gasteiger partial charge < -0.3 is 42.1 Å². The summed E-state index contributed by atoms with van der Waals surface area (Å²) >= 11 is 0. The molecule has 3 unspecified atom stereocenters. The van der Waals surface area contributed by atoms with Crippen LogP contribution in [0.2, 0.25) is 0 Å². The van der Waals surface area contributed by atoms with Crippen molar-refractivity contribution in [3.8, 4) is 5.75 Å². The van der Waals surface area contributed by atoms with Crippen molar-refractivity contribution in [2.75, 3.05) is 0 Å². The lowest BCUT2D eigenvalue weighted by molar-refractivity contribution is -0.166. The average molecular weight is 501 g/mol. The van der Waals surface area contributed by atoms with Crippen LogP contribution in [0.1, 0.15) is 36.3 Å². The van der Waals surface area contributed by atoms with Gasteiger partial charge in [-0.3, -0.25) is 4.79 Å². The number of benzene rings is 1. The molecule has 0 fully saturated rings. The number of allylic oxidation sites excluding steroid dienone is 4. The summed E-state index contributed by atoms with van der Waals surface area (Å²) in [5.41, 5.74) is 9.41. The van der Waals surface area contributed by atoms with Crippen molar-refractivity contribution in [3.05, 3.63) is 76.0 Å². The zero-order chi connectivity index (χ0) is 26.3. The third-order valence-corrected chi connectivity index (χ3v) is 8.50. The van der Waals surface area contributed by atoms with Gasteiger partial charge in [-0.1, -0.05) is 25.1 Å². The van der Waals surface area contributed by atoms with Crippen LogP contribution in [0.25, 0.3) is 0 Å². The normalized spacial score (nSPS) is 39.8. The molecule has 10 heteroatoms. The topological polar surface area (TPSA) is 190 Å². The number of carbonyl (C=O) groups excluding carboxylic acids is 1. The van der Waals surface area contributed by atoms with Crippen LogP contribution < -0.4 is 11.5 Å². The second kappa shape index (κ2) is 8.17. The number of primary amides is 1. The Morgan fingerprint density at radius 2 is 1.86 bits per heavy atom. The van der Waals surface area contributed by atoms with Crippen LogP contribution in [0, 0.1) is 17.8 Å². The van der Waals surface area contributed by atoms with Crippen LogP contribution in [0.15, 0.2) is 64.9 Å². The summed E-state index contributed by atoms with van der Waals surface area (Å²) in [6.45, 7) is 1.68. The molecule has 1 aromatic carbocycles. The minimum absolute atomic E-state index is 0.0647. The van der Waals surface area contributed by atoms with Gasteiger partial charge in [-0.2, -0.15) is 0 Å². The summed E-state index contributed by atoms with van der Waals surface area (Å²) in [7, 11) is 0. The largest absolute Gasteiger partial charge is 0.510 e. The predicted molar refractivity (Wildman–Crippen MR) is 126 cm³/mol. The van der Waals surface area contributed by atoms with Crippen LogP contribution in [-0.4, -0.2) is 60.4 Å². The van der Waals surface area contributed by atoms with Gasteiger partial charge in [0.25, 0.3) is 5.91 Å². The van der Waals surface area contributed by atoms with Gasteiger partial charge in [0.15, 0.2) is 5.60 Å². The maximum atomic E-state index is 13.8. The number of nitrogens with two attached hydrogens (primary N) is 2. The number of hydrogen-bond donors (Lipinski definition) is 8. The maximum absolute atomic E-state index is 13.8. The molecule has 1 aromatic rings. The third-order valence-electron chi connectivity index (χ3n) is 8.50. The lowest BCUT2D eigenvalue weighted by Crippen LogP contribution is -2.69. The molecule has 0 radical (unpaired) electrons. The van der Waals surface area contributed by atoms with Crippen molar-refractivity contribution >= 4 is 5.91 Å². The zero-order valence-corrected chi connectivity index (χ0v) is 19.4. The number of phenols is 1. The van der Waals surface area contributed by atoms with Crippen LogP contribution in [0.3, 0.4) is 0 Å². The Balaban J connectivity index is 1.78. The molecule has 0 heterocycles. The fourth-order valence-electron chi connectivity index (χ4n) is 6.94. The Kier molecular flexibility index (Phi) is 5.56. The number of aliphatic hydroxyl groups excluding tert-OH is 4. The second-order valence-electron chi connectivity index (χ2n) is 10.1. The van der Waals surface area contributed by atoms with Crippen LogP contribution in [0.4, 0.5) is 4.39 Å². The fraction of sp³-hybridized carbons (Fsp3) is 0.423. The first kappa shape index (κ1) is 24.5. The van der Waals surface area contributed by atoms with Crippen LogP contribution in [0.5, 0.6) is 5.75 Å². The number of fused-ring (bicyclic) bond motifs is 3. The quantitative estimate of drug-likeness (QED) is 0.297. The first-order valence-electron chi connectivity index (χ1n) is 11.8. The van der Waals surface area contributed by atoms with Crippen molar-refractivity contribution in [1.29, 1.82) is 0 Å². The van der Waals surface area contributed by atoms with E-state index in [1.807, 2.05) is 0 Å². The molecular weight excluding hydrogens is 471 g/mol. The molecule has 9 nitrogen and oxygen atoms in total. The molecule has 10 N–H and O–H groups in total. The van der Waals surface area contributed by atoms with Crippen molar-refractivity contribution in [2.24, 2.45) is 29.2 Å². The van der Waals surface area contributed by atoms with Crippen LogP contribution >= 0.6 is 0 Å². The minimum atomic E-state index is -2.64. The molecule has 4 aliphatic carbocycles. The molecule has 0 aliphatic heterocycles. The van der Waals surface area contributed by atoms with E-state index < -0.39 is 76.3 Å². The lowest BCUT2D eigenvalue weighted by Gasteiger charge is -2.56. The Morgan fingerprint density at radius 1 is 1.17 bits per heavy atom. The highest BCUT2D eigenvalue weighted by molar-refractivity contribution is 5.94. The number of halogens is 1. The number of aromatic hydroxyl groups is 1.